The maximum absolute atomic E-state index is 14.1. The van der Waals surface area contributed by atoms with Crippen LogP contribution < -0.4 is 0 Å². The lowest BCUT2D eigenvalue weighted by Crippen LogP contribution is -2.47. The van der Waals surface area contributed by atoms with Crippen molar-refractivity contribution in [2.75, 3.05) is 0 Å². The fourth-order valence-corrected chi connectivity index (χ4v) is 9.08. The molecule has 6 nitrogen and oxygen atoms in total. The van der Waals surface area contributed by atoms with Crippen molar-refractivity contribution in [2.45, 2.75) is 57.2 Å². The van der Waals surface area contributed by atoms with E-state index in [4.69, 9.17) is 9.47 Å². The number of carbonyl (C=O) groups is 4. The number of fused-ring (bicyclic) bond motifs is 7. The third-order valence-corrected chi connectivity index (χ3v) is 10.7. The Hall–Kier alpha value is -3.02. The van der Waals surface area contributed by atoms with Crippen molar-refractivity contribution in [3.63, 3.8) is 0 Å². The van der Waals surface area contributed by atoms with E-state index in [1.807, 2.05) is 0 Å². The first-order chi connectivity index (χ1) is 17.2. The molecule has 1 spiro atoms. The van der Waals surface area contributed by atoms with E-state index in [-0.39, 0.29) is 41.2 Å². The van der Waals surface area contributed by atoms with Gasteiger partial charge in [-0.25, -0.2) is 9.59 Å². The van der Waals surface area contributed by atoms with Crippen molar-refractivity contribution in [2.24, 2.45) is 40.9 Å². The van der Waals surface area contributed by atoms with Gasteiger partial charge in [0.15, 0.2) is 5.78 Å². The molecule has 186 valence electrons. The van der Waals surface area contributed by atoms with E-state index in [2.05, 4.69) is 26.3 Å². The van der Waals surface area contributed by atoms with E-state index in [9.17, 15) is 19.2 Å². The van der Waals surface area contributed by atoms with Crippen LogP contribution in [0.25, 0.3) is 0 Å². The highest BCUT2D eigenvalue weighted by atomic mass is 16.6. The Balaban J connectivity index is 1.44. The fourth-order valence-electron chi connectivity index (χ4n) is 9.08. The quantitative estimate of drug-likeness (QED) is 0.293. The van der Waals surface area contributed by atoms with Gasteiger partial charge in [-0.15, -0.1) is 0 Å². The van der Waals surface area contributed by atoms with Crippen LogP contribution in [0.3, 0.4) is 0 Å². The summed E-state index contributed by atoms with van der Waals surface area (Å²) in [5.41, 5.74) is 2.84. The Bertz CT molecular complexity index is 1280. The molecule has 0 bridgehead atoms. The summed E-state index contributed by atoms with van der Waals surface area (Å²) in [7, 11) is 0. The molecular weight excluding hydrogens is 456 g/mol. The molecular formula is C30H30O6. The molecule has 7 rings (SSSR count). The number of ketones is 2. The van der Waals surface area contributed by atoms with Crippen LogP contribution in [-0.4, -0.2) is 35.7 Å². The first-order valence-electron chi connectivity index (χ1n) is 13.1. The number of hydrogen-bond donors (Lipinski definition) is 0. The van der Waals surface area contributed by atoms with E-state index < -0.39 is 35.5 Å². The highest BCUT2D eigenvalue weighted by Gasteiger charge is 2.69. The number of rotatable bonds is 0. The summed E-state index contributed by atoms with van der Waals surface area (Å²) in [5, 5.41) is 0. The molecule has 0 aromatic heterocycles. The van der Waals surface area contributed by atoms with E-state index >= 15 is 0 Å². The third-order valence-electron chi connectivity index (χ3n) is 10.7. The van der Waals surface area contributed by atoms with Gasteiger partial charge in [0, 0.05) is 52.4 Å². The van der Waals surface area contributed by atoms with Crippen LogP contribution in [0.2, 0.25) is 0 Å². The molecule has 36 heavy (non-hydrogen) atoms. The molecule has 0 amide bonds. The zero-order valence-corrected chi connectivity index (χ0v) is 20.3. The minimum atomic E-state index is -1.04. The van der Waals surface area contributed by atoms with Crippen LogP contribution in [0.1, 0.15) is 44.9 Å². The number of esters is 2. The van der Waals surface area contributed by atoms with Crippen molar-refractivity contribution in [1.29, 1.82) is 0 Å². The van der Waals surface area contributed by atoms with Gasteiger partial charge >= 0.3 is 11.9 Å². The van der Waals surface area contributed by atoms with E-state index in [1.165, 1.54) is 0 Å². The summed E-state index contributed by atoms with van der Waals surface area (Å²) >= 11 is 0. The average molecular weight is 487 g/mol. The zero-order valence-electron chi connectivity index (χ0n) is 20.3. The maximum Gasteiger partial charge on any atom is 0.334 e. The molecule has 2 saturated heterocycles. The molecule has 2 heterocycles. The second-order valence-electron chi connectivity index (χ2n) is 11.9. The number of hydrogen-bond acceptors (Lipinski definition) is 6. The maximum atomic E-state index is 14.1. The standard InChI is InChI=1S/C30H30O6/c1-12-5-7-18-14(3)29(34)36-27(18)23-19(12)11-20(31)30(23)10-9-16-6-8-17-13(2)28(33)35-26(17)21-15(4)25(32)24(30)22(16)21/h16-19,21,23,26-27H,1-11H2/t16-,17-,18-,19-,21-,23-,26-,27-,30+/m0/s1. The fraction of sp³-hybridized carbons (Fsp3) is 0.533. The third kappa shape index (κ3) is 2.43. The molecule has 0 unspecified atom stereocenters. The average Bonchev–Trinajstić information content (AvgIpc) is 3.41. The molecule has 5 aliphatic carbocycles. The first kappa shape index (κ1) is 22.2. The minimum absolute atomic E-state index is 0.0456. The van der Waals surface area contributed by atoms with Crippen LogP contribution in [0.15, 0.2) is 59.8 Å². The Kier molecular flexibility index (Phi) is 4.35. The van der Waals surface area contributed by atoms with E-state index in [0.29, 0.717) is 48.0 Å². The first-order valence-corrected chi connectivity index (χ1v) is 13.1. The summed E-state index contributed by atoms with van der Waals surface area (Å²) in [6, 6.07) is 0. The van der Waals surface area contributed by atoms with Crippen molar-refractivity contribution in [1.82, 2.24) is 0 Å². The Labute approximate surface area is 210 Å². The zero-order chi connectivity index (χ0) is 25.3. The number of carbonyl (C=O) groups excluding carboxylic acids is 4. The minimum Gasteiger partial charge on any atom is -0.458 e. The van der Waals surface area contributed by atoms with Crippen molar-refractivity contribution in [3.8, 4) is 0 Å². The Morgan fingerprint density at radius 2 is 1.42 bits per heavy atom. The summed E-state index contributed by atoms with van der Waals surface area (Å²) < 4.78 is 11.8. The second kappa shape index (κ2) is 7.05. The van der Waals surface area contributed by atoms with Crippen LogP contribution >= 0.6 is 0 Å². The highest BCUT2D eigenvalue weighted by molar-refractivity contribution is 6.17. The molecule has 6 heteroatoms. The van der Waals surface area contributed by atoms with Crippen LogP contribution in [0.5, 0.6) is 0 Å². The Morgan fingerprint density at radius 1 is 0.750 bits per heavy atom. The SMILES string of the molecule is C=C1C(=O)C2=C3[C@@H](CC[C@H]4C(=C)C(=O)O[C@@H]4[C@@H]13)CC[C@]21C(=O)C[C@H]2C(=C)CC[C@H]3C(=C)C(=O)O[C@@H]3[C@H]21. The van der Waals surface area contributed by atoms with Crippen LogP contribution in [0, 0.1) is 40.9 Å². The lowest BCUT2D eigenvalue weighted by molar-refractivity contribution is -0.146. The van der Waals surface area contributed by atoms with Gasteiger partial charge in [0.05, 0.1) is 5.41 Å². The van der Waals surface area contributed by atoms with Gasteiger partial charge in [0.1, 0.15) is 18.0 Å². The second-order valence-corrected chi connectivity index (χ2v) is 11.9. The Morgan fingerprint density at radius 3 is 2.14 bits per heavy atom. The van der Waals surface area contributed by atoms with Crippen LogP contribution in [0.4, 0.5) is 0 Å². The van der Waals surface area contributed by atoms with Gasteiger partial charge in [0.25, 0.3) is 0 Å². The molecule has 0 N–H and O–H groups in total. The summed E-state index contributed by atoms with van der Waals surface area (Å²) in [6.07, 6.45) is 3.64. The van der Waals surface area contributed by atoms with Crippen molar-refractivity contribution < 1.29 is 28.7 Å². The van der Waals surface area contributed by atoms with E-state index in [0.717, 1.165) is 30.4 Å². The van der Waals surface area contributed by atoms with Gasteiger partial charge in [-0.3, -0.25) is 9.59 Å². The molecule has 0 aromatic rings. The van der Waals surface area contributed by atoms with Crippen molar-refractivity contribution in [3.05, 3.63) is 59.8 Å². The summed E-state index contributed by atoms with van der Waals surface area (Å²) in [6.45, 7) is 16.5. The molecule has 0 aromatic carbocycles. The smallest absolute Gasteiger partial charge is 0.334 e. The van der Waals surface area contributed by atoms with Gasteiger partial charge in [-0.1, -0.05) is 31.9 Å². The molecule has 9 atom stereocenters. The topological polar surface area (TPSA) is 86.7 Å². The lowest BCUT2D eigenvalue weighted by Gasteiger charge is -2.44. The predicted octanol–water partition coefficient (Wildman–Crippen LogP) is 3.98. The monoisotopic (exact) mass is 486 g/mol. The highest BCUT2D eigenvalue weighted by Crippen LogP contribution is 2.67. The van der Waals surface area contributed by atoms with Gasteiger partial charge in [-0.05, 0) is 55.9 Å². The van der Waals surface area contributed by atoms with Gasteiger partial charge < -0.3 is 9.47 Å². The number of Topliss-reactive ketones (excluding diaryl/α,β-unsaturated/α-hetero) is 2. The van der Waals surface area contributed by atoms with Crippen molar-refractivity contribution >= 4 is 23.5 Å². The molecule has 2 aliphatic heterocycles. The summed E-state index contributed by atoms with van der Waals surface area (Å²) in [4.78, 5) is 53.3. The largest absolute Gasteiger partial charge is 0.458 e. The normalized spacial score (nSPS) is 45.3. The summed E-state index contributed by atoms with van der Waals surface area (Å²) in [5.74, 6) is -2.02. The predicted molar refractivity (Wildman–Crippen MR) is 129 cm³/mol. The van der Waals surface area contributed by atoms with Crippen LogP contribution in [-0.2, 0) is 28.7 Å². The van der Waals surface area contributed by atoms with Gasteiger partial charge in [0.2, 0.25) is 0 Å². The molecule has 5 fully saturated rings. The molecule has 3 saturated carbocycles. The van der Waals surface area contributed by atoms with Gasteiger partial charge in [-0.2, -0.15) is 0 Å². The molecule has 7 aliphatic rings. The lowest BCUT2D eigenvalue weighted by atomic mass is 9.57. The number of ether oxygens (including phenoxy) is 2. The van der Waals surface area contributed by atoms with E-state index in [1.54, 1.807) is 0 Å². The number of allylic oxidation sites excluding steroid dienone is 2. The molecule has 0 radical (unpaired) electrons.